The summed E-state index contributed by atoms with van der Waals surface area (Å²) in [5.41, 5.74) is 4.68. The largest absolute Gasteiger partial charge is 0.399 e. The zero-order chi connectivity index (χ0) is 17.9. The number of fused-ring (bicyclic) bond motifs is 1. The zero-order valence-electron chi connectivity index (χ0n) is 14.3. The second kappa shape index (κ2) is 7.23. The van der Waals surface area contributed by atoms with Crippen molar-refractivity contribution in [3.05, 3.63) is 65.2 Å². The summed E-state index contributed by atoms with van der Waals surface area (Å²) in [6, 6.07) is 15.3. The van der Waals surface area contributed by atoms with Crippen molar-refractivity contribution in [3.63, 3.8) is 0 Å². The summed E-state index contributed by atoms with van der Waals surface area (Å²) >= 11 is 0. The van der Waals surface area contributed by atoms with E-state index in [1.165, 1.54) is 23.0 Å². The maximum atomic E-state index is 11.6. The third-order valence-corrected chi connectivity index (χ3v) is 5.56. The Balaban J connectivity index is 2.03. The molecule has 2 aromatic rings. The van der Waals surface area contributed by atoms with E-state index in [-0.39, 0.29) is 5.92 Å². The molecule has 0 fully saturated rings. The molecule has 3 rings (SSSR count). The van der Waals surface area contributed by atoms with E-state index >= 15 is 0 Å². The molecule has 0 bridgehead atoms. The monoisotopic (exact) mass is 355 g/mol. The van der Waals surface area contributed by atoms with Crippen molar-refractivity contribution in [2.24, 2.45) is 11.1 Å². The number of benzene rings is 2. The molecule has 1 atom stereocenters. The van der Waals surface area contributed by atoms with Gasteiger partial charge in [0.25, 0.3) is 0 Å². The number of hydrogen-bond donors (Lipinski definition) is 0. The first kappa shape index (κ1) is 17.4. The molecule has 0 spiro atoms. The molecule has 4 nitrogen and oxygen atoms in total. The van der Waals surface area contributed by atoms with Gasteiger partial charge in [-0.05, 0) is 47.2 Å². The Labute approximate surface area is 148 Å². The second-order valence-corrected chi connectivity index (χ2v) is 8.20. The SMILES string of the molecule is CON=CC1CCc2ccccc2C1=Cc1ccc(S(C)(=O)=O)cc1. The molecule has 0 aromatic heterocycles. The van der Waals surface area contributed by atoms with Crippen molar-refractivity contribution in [3.8, 4) is 0 Å². The summed E-state index contributed by atoms with van der Waals surface area (Å²) in [6.45, 7) is 0. The number of aryl methyl sites for hydroxylation is 1. The number of rotatable bonds is 4. The van der Waals surface area contributed by atoms with Gasteiger partial charge in [0.05, 0.1) is 11.1 Å². The Morgan fingerprint density at radius 1 is 1.12 bits per heavy atom. The zero-order valence-corrected chi connectivity index (χ0v) is 15.2. The molecule has 1 aliphatic rings. The summed E-state index contributed by atoms with van der Waals surface area (Å²) in [7, 11) is -1.64. The van der Waals surface area contributed by atoms with Crippen molar-refractivity contribution in [2.75, 3.05) is 13.4 Å². The molecule has 1 unspecified atom stereocenters. The molecule has 0 saturated heterocycles. The molecule has 25 heavy (non-hydrogen) atoms. The van der Waals surface area contributed by atoms with Gasteiger partial charge in [0.15, 0.2) is 9.84 Å². The van der Waals surface area contributed by atoms with Crippen LogP contribution in [-0.2, 0) is 21.1 Å². The second-order valence-electron chi connectivity index (χ2n) is 6.18. The normalized spacial score (nSPS) is 19.1. The van der Waals surface area contributed by atoms with E-state index in [2.05, 4.69) is 29.4 Å². The van der Waals surface area contributed by atoms with Crippen LogP contribution in [0.15, 0.2) is 58.6 Å². The van der Waals surface area contributed by atoms with Crippen LogP contribution in [0.5, 0.6) is 0 Å². The van der Waals surface area contributed by atoms with Crippen LogP contribution in [0, 0.1) is 5.92 Å². The molecular formula is C20H21NO3S. The fraction of sp³-hybridized carbons (Fsp3) is 0.250. The average molecular weight is 355 g/mol. The van der Waals surface area contributed by atoms with Gasteiger partial charge >= 0.3 is 0 Å². The van der Waals surface area contributed by atoms with Crippen molar-refractivity contribution in [1.82, 2.24) is 0 Å². The average Bonchev–Trinajstić information content (AvgIpc) is 2.61. The highest BCUT2D eigenvalue weighted by Crippen LogP contribution is 2.36. The Morgan fingerprint density at radius 2 is 1.84 bits per heavy atom. The Bertz CT molecular complexity index is 912. The molecule has 5 heteroatoms. The first-order chi connectivity index (χ1) is 12.0. The minimum absolute atomic E-state index is 0.171. The number of hydrogen-bond acceptors (Lipinski definition) is 4. The van der Waals surface area contributed by atoms with Gasteiger partial charge in [-0.15, -0.1) is 0 Å². The lowest BCUT2D eigenvalue weighted by Crippen LogP contribution is -2.14. The first-order valence-electron chi connectivity index (χ1n) is 8.15. The van der Waals surface area contributed by atoms with E-state index in [1.54, 1.807) is 19.2 Å². The molecular weight excluding hydrogens is 334 g/mol. The molecule has 0 N–H and O–H groups in total. The molecule has 1 aliphatic carbocycles. The predicted octanol–water partition coefficient (Wildman–Crippen LogP) is 3.83. The summed E-state index contributed by atoms with van der Waals surface area (Å²) < 4.78 is 23.2. The molecule has 0 radical (unpaired) electrons. The minimum atomic E-state index is -3.18. The van der Waals surface area contributed by atoms with Crippen LogP contribution in [0.2, 0.25) is 0 Å². The fourth-order valence-corrected chi connectivity index (χ4v) is 3.78. The van der Waals surface area contributed by atoms with E-state index in [1.807, 2.05) is 24.4 Å². The highest BCUT2D eigenvalue weighted by Gasteiger charge is 2.22. The van der Waals surface area contributed by atoms with Gasteiger partial charge in [-0.25, -0.2) is 8.42 Å². The van der Waals surface area contributed by atoms with Crippen LogP contribution in [-0.4, -0.2) is 28.0 Å². The molecule has 0 heterocycles. The summed E-state index contributed by atoms with van der Waals surface area (Å²) in [4.78, 5) is 5.19. The lowest BCUT2D eigenvalue weighted by Gasteiger charge is -2.25. The molecule has 0 amide bonds. The molecule has 0 saturated carbocycles. The van der Waals surface area contributed by atoms with E-state index < -0.39 is 9.84 Å². The van der Waals surface area contributed by atoms with Crippen LogP contribution in [0.25, 0.3) is 11.6 Å². The highest BCUT2D eigenvalue weighted by molar-refractivity contribution is 7.90. The van der Waals surface area contributed by atoms with Crippen molar-refractivity contribution >= 4 is 27.7 Å². The van der Waals surface area contributed by atoms with Crippen LogP contribution < -0.4 is 0 Å². The Hall–Kier alpha value is -2.40. The van der Waals surface area contributed by atoms with Crippen LogP contribution in [0.4, 0.5) is 0 Å². The van der Waals surface area contributed by atoms with Gasteiger partial charge in [-0.1, -0.05) is 47.6 Å². The molecule has 130 valence electrons. The van der Waals surface area contributed by atoms with Crippen molar-refractivity contribution < 1.29 is 13.3 Å². The fourth-order valence-electron chi connectivity index (χ4n) is 3.15. The van der Waals surface area contributed by atoms with Crippen molar-refractivity contribution in [1.29, 1.82) is 0 Å². The maximum absolute atomic E-state index is 11.6. The number of nitrogens with zero attached hydrogens (tertiary/aromatic N) is 1. The smallest absolute Gasteiger partial charge is 0.175 e. The topological polar surface area (TPSA) is 55.7 Å². The number of allylic oxidation sites excluding steroid dienone is 1. The lowest BCUT2D eigenvalue weighted by atomic mass is 9.79. The number of oxime groups is 1. The van der Waals surface area contributed by atoms with E-state index in [4.69, 9.17) is 4.84 Å². The van der Waals surface area contributed by atoms with E-state index in [0.717, 1.165) is 18.4 Å². The third kappa shape index (κ3) is 3.99. The standard InChI is InChI=1S/C20H21NO3S/c1-24-21-14-17-10-9-16-5-3-4-6-19(16)20(17)13-15-7-11-18(12-8-15)25(2,22)23/h3-8,11-14,17H,9-10H2,1-2H3. The van der Waals surface area contributed by atoms with Gasteiger partial charge in [0.2, 0.25) is 0 Å². The van der Waals surface area contributed by atoms with Crippen molar-refractivity contribution in [2.45, 2.75) is 17.7 Å². The van der Waals surface area contributed by atoms with Gasteiger partial charge in [0.1, 0.15) is 7.11 Å². The number of sulfone groups is 1. The van der Waals surface area contributed by atoms with Crippen LogP contribution >= 0.6 is 0 Å². The van der Waals surface area contributed by atoms with Gasteiger partial charge in [-0.3, -0.25) is 0 Å². The van der Waals surface area contributed by atoms with Crippen LogP contribution in [0.1, 0.15) is 23.1 Å². The lowest BCUT2D eigenvalue weighted by molar-refractivity contribution is 0.214. The van der Waals surface area contributed by atoms with Crippen LogP contribution in [0.3, 0.4) is 0 Å². The summed E-state index contributed by atoms with van der Waals surface area (Å²) in [5.74, 6) is 0.171. The first-order valence-corrected chi connectivity index (χ1v) is 10.0. The highest BCUT2D eigenvalue weighted by atomic mass is 32.2. The summed E-state index contributed by atoms with van der Waals surface area (Å²) in [6.07, 6.45) is 7.14. The minimum Gasteiger partial charge on any atom is -0.399 e. The molecule has 2 aromatic carbocycles. The quantitative estimate of drug-likeness (QED) is 0.619. The predicted molar refractivity (Wildman–Crippen MR) is 101 cm³/mol. The Morgan fingerprint density at radius 3 is 2.52 bits per heavy atom. The third-order valence-electron chi connectivity index (χ3n) is 4.43. The Kier molecular flexibility index (Phi) is 5.04. The molecule has 0 aliphatic heterocycles. The van der Waals surface area contributed by atoms with Gasteiger partial charge in [0, 0.05) is 12.2 Å². The van der Waals surface area contributed by atoms with Gasteiger partial charge < -0.3 is 4.84 Å². The van der Waals surface area contributed by atoms with E-state index in [9.17, 15) is 8.42 Å². The van der Waals surface area contributed by atoms with E-state index in [0.29, 0.717) is 4.90 Å². The summed E-state index contributed by atoms with van der Waals surface area (Å²) in [5, 5.41) is 3.96. The maximum Gasteiger partial charge on any atom is 0.175 e. The van der Waals surface area contributed by atoms with Gasteiger partial charge in [-0.2, -0.15) is 0 Å².